The first-order valence-corrected chi connectivity index (χ1v) is 9.81. The fourth-order valence-electron chi connectivity index (χ4n) is 3.70. The van der Waals surface area contributed by atoms with Gasteiger partial charge in [-0.2, -0.15) is 8.78 Å². The van der Waals surface area contributed by atoms with Gasteiger partial charge in [0.15, 0.2) is 5.82 Å². The Kier molecular flexibility index (Phi) is 6.01. The van der Waals surface area contributed by atoms with E-state index < -0.39 is 12.4 Å². The summed E-state index contributed by atoms with van der Waals surface area (Å²) in [5.74, 6) is 0.0395. The first-order valence-electron chi connectivity index (χ1n) is 9.81. The van der Waals surface area contributed by atoms with Gasteiger partial charge in [-0.1, -0.05) is 20.8 Å². The second-order valence-corrected chi connectivity index (χ2v) is 8.76. The van der Waals surface area contributed by atoms with Crippen molar-refractivity contribution < 1.29 is 22.7 Å². The van der Waals surface area contributed by atoms with E-state index in [1.54, 1.807) is 0 Å². The number of ketones is 1. The van der Waals surface area contributed by atoms with Crippen LogP contribution < -0.4 is 4.74 Å². The van der Waals surface area contributed by atoms with E-state index in [0.29, 0.717) is 37.0 Å². The maximum absolute atomic E-state index is 14.5. The van der Waals surface area contributed by atoms with Crippen molar-refractivity contribution in [2.45, 2.75) is 78.4 Å². The number of hydrogen-bond donors (Lipinski definition) is 0. The molecule has 0 amide bonds. The summed E-state index contributed by atoms with van der Waals surface area (Å²) in [6.07, 6.45) is 5.12. The number of rotatable bonds is 8. The van der Waals surface area contributed by atoms with Crippen molar-refractivity contribution >= 4 is 16.8 Å². The predicted octanol–water partition coefficient (Wildman–Crippen LogP) is 5.83. The molecule has 0 atom stereocenters. The number of aryl methyl sites for hydroxylation is 1. The minimum atomic E-state index is -3.01. The van der Waals surface area contributed by atoms with E-state index in [4.69, 9.17) is 0 Å². The second kappa shape index (κ2) is 8.13. The summed E-state index contributed by atoms with van der Waals surface area (Å²) in [5, 5.41) is 0. The quantitative estimate of drug-likeness (QED) is 0.564. The van der Waals surface area contributed by atoms with Crippen LogP contribution in [0.4, 0.5) is 13.2 Å². The maximum atomic E-state index is 14.5. The first kappa shape index (κ1) is 20.7. The Bertz CT molecular complexity index is 851. The highest BCUT2D eigenvalue weighted by atomic mass is 19.3. The van der Waals surface area contributed by atoms with Gasteiger partial charge < -0.3 is 9.30 Å². The number of alkyl halides is 2. The fourth-order valence-corrected chi connectivity index (χ4v) is 3.70. The van der Waals surface area contributed by atoms with E-state index in [1.165, 1.54) is 6.07 Å². The minimum Gasteiger partial charge on any atom is -0.435 e. The standard InChI is InChI=1S/C21H27F3N2O2/c1-21(2,3)12-14(27)8-5-9-18-25-19-16(22)10-15(28-20(23)24)11-17(19)26(18)13-6-4-7-13/h10-11,13,20H,4-9,12H2,1-3H3. The number of benzene rings is 1. The number of hydrogen-bond acceptors (Lipinski definition) is 3. The Labute approximate surface area is 163 Å². The highest BCUT2D eigenvalue weighted by Gasteiger charge is 2.26. The monoisotopic (exact) mass is 396 g/mol. The van der Waals surface area contributed by atoms with Crippen LogP contribution in [0.3, 0.4) is 0 Å². The molecule has 0 saturated heterocycles. The third-order valence-corrected chi connectivity index (χ3v) is 5.04. The summed E-state index contributed by atoms with van der Waals surface area (Å²) in [6.45, 7) is 3.08. The van der Waals surface area contributed by atoms with Crippen LogP contribution in [-0.4, -0.2) is 21.9 Å². The molecule has 7 heteroatoms. The number of Topliss-reactive ketones (excluding diaryl/α,β-unsaturated/α-hetero) is 1. The normalized spacial score (nSPS) is 15.2. The van der Waals surface area contributed by atoms with Gasteiger partial charge in [0.2, 0.25) is 0 Å². The Balaban J connectivity index is 1.83. The summed E-state index contributed by atoms with van der Waals surface area (Å²) >= 11 is 0. The summed E-state index contributed by atoms with van der Waals surface area (Å²) in [5.41, 5.74) is 0.612. The number of ether oxygens (including phenoxy) is 1. The van der Waals surface area contributed by atoms with Crippen LogP contribution in [0.2, 0.25) is 0 Å². The number of fused-ring (bicyclic) bond motifs is 1. The average molecular weight is 396 g/mol. The van der Waals surface area contributed by atoms with E-state index in [1.807, 2.05) is 25.3 Å². The third kappa shape index (κ3) is 4.86. The molecule has 0 radical (unpaired) electrons. The molecule has 4 nitrogen and oxygen atoms in total. The van der Waals surface area contributed by atoms with E-state index in [9.17, 15) is 18.0 Å². The molecule has 0 unspecified atom stereocenters. The Morgan fingerprint density at radius 3 is 2.61 bits per heavy atom. The molecule has 3 rings (SSSR count). The molecule has 28 heavy (non-hydrogen) atoms. The molecule has 0 bridgehead atoms. The fraction of sp³-hybridized carbons (Fsp3) is 0.619. The molecule has 1 aliphatic carbocycles. The molecule has 2 aromatic rings. The summed E-state index contributed by atoms with van der Waals surface area (Å²) in [6, 6.07) is 2.57. The number of carbonyl (C=O) groups excluding carboxylic acids is 1. The van der Waals surface area contributed by atoms with Crippen molar-refractivity contribution in [2.24, 2.45) is 5.41 Å². The van der Waals surface area contributed by atoms with E-state index in [2.05, 4.69) is 9.72 Å². The molecule has 1 saturated carbocycles. The van der Waals surface area contributed by atoms with Gasteiger partial charge in [-0.25, -0.2) is 9.37 Å². The van der Waals surface area contributed by atoms with Crippen molar-refractivity contribution in [2.75, 3.05) is 0 Å². The van der Waals surface area contributed by atoms with E-state index in [-0.39, 0.29) is 28.5 Å². The summed E-state index contributed by atoms with van der Waals surface area (Å²) < 4.78 is 45.9. The molecular weight excluding hydrogens is 369 g/mol. The van der Waals surface area contributed by atoms with Crippen molar-refractivity contribution in [1.82, 2.24) is 9.55 Å². The Hall–Kier alpha value is -2.05. The van der Waals surface area contributed by atoms with Crippen LogP contribution in [0.5, 0.6) is 5.75 Å². The van der Waals surface area contributed by atoms with Crippen LogP contribution in [0, 0.1) is 11.2 Å². The molecule has 154 valence electrons. The first-order chi connectivity index (χ1) is 13.1. The molecule has 0 spiro atoms. The van der Waals surface area contributed by atoms with Crippen molar-refractivity contribution in [1.29, 1.82) is 0 Å². The van der Waals surface area contributed by atoms with Gasteiger partial charge in [-0.05, 0) is 31.1 Å². The lowest BCUT2D eigenvalue weighted by molar-refractivity contribution is -0.120. The second-order valence-electron chi connectivity index (χ2n) is 8.76. The summed E-state index contributed by atoms with van der Waals surface area (Å²) in [4.78, 5) is 16.6. The van der Waals surface area contributed by atoms with Gasteiger partial charge in [0.25, 0.3) is 0 Å². The zero-order chi connectivity index (χ0) is 20.5. The van der Waals surface area contributed by atoms with Gasteiger partial charge in [-0.15, -0.1) is 0 Å². The number of aromatic nitrogens is 2. The highest BCUT2D eigenvalue weighted by molar-refractivity contribution is 5.80. The van der Waals surface area contributed by atoms with Gasteiger partial charge >= 0.3 is 6.61 Å². The van der Waals surface area contributed by atoms with Gasteiger partial charge in [0.05, 0.1) is 5.52 Å². The number of nitrogens with zero attached hydrogens (tertiary/aromatic N) is 2. The number of imidazole rings is 1. The molecule has 1 aliphatic rings. The largest absolute Gasteiger partial charge is 0.435 e. The van der Waals surface area contributed by atoms with Crippen LogP contribution in [0.25, 0.3) is 11.0 Å². The SMILES string of the molecule is CC(C)(C)CC(=O)CCCc1nc2c(F)cc(OC(F)F)cc2n1C1CCC1. The molecule has 1 fully saturated rings. The Morgan fingerprint density at radius 2 is 2.04 bits per heavy atom. The Morgan fingerprint density at radius 1 is 1.32 bits per heavy atom. The van der Waals surface area contributed by atoms with Crippen LogP contribution in [0.15, 0.2) is 12.1 Å². The smallest absolute Gasteiger partial charge is 0.387 e. The molecule has 1 aromatic carbocycles. The highest BCUT2D eigenvalue weighted by Crippen LogP contribution is 2.37. The van der Waals surface area contributed by atoms with Crippen molar-refractivity contribution in [3.63, 3.8) is 0 Å². The lowest BCUT2D eigenvalue weighted by atomic mass is 9.88. The number of carbonyl (C=O) groups is 1. The van der Waals surface area contributed by atoms with Gasteiger partial charge in [-0.3, -0.25) is 4.79 Å². The summed E-state index contributed by atoms with van der Waals surface area (Å²) in [7, 11) is 0. The molecule has 1 aromatic heterocycles. The molecule has 0 aliphatic heterocycles. The van der Waals surface area contributed by atoms with E-state index >= 15 is 0 Å². The minimum absolute atomic E-state index is 0.0413. The van der Waals surface area contributed by atoms with Crippen LogP contribution >= 0.6 is 0 Å². The zero-order valence-corrected chi connectivity index (χ0v) is 16.6. The van der Waals surface area contributed by atoms with Crippen molar-refractivity contribution in [3.8, 4) is 5.75 Å². The molecule has 0 N–H and O–H groups in total. The molecular formula is C21H27F3N2O2. The van der Waals surface area contributed by atoms with E-state index in [0.717, 1.165) is 25.3 Å². The van der Waals surface area contributed by atoms with Crippen LogP contribution in [0.1, 0.15) is 71.2 Å². The lowest BCUT2D eigenvalue weighted by Gasteiger charge is -2.29. The topological polar surface area (TPSA) is 44.1 Å². The van der Waals surface area contributed by atoms with Crippen LogP contribution in [-0.2, 0) is 11.2 Å². The average Bonchev–Trinajstić information content (AvgIpc) is 2.82. The van der Waals surface area contributed by atoms with Gasteiger partial charge in [0, 0.05) is 37.4 Å². The zero-order valence-electron chi connectivity index (χ0n) is 16.6. The predicted molar refractivity (Wildman–Crippen MR) is 101 cm³/mol. The third-order valence-electron chi connectivity index (χ3n) is 5.04. The maximum Gasteiger partial charge on any atom is 0.387 e. The lowest BCUT2D eigenvalue weighted by Crippen LogP contribution is -2.19. The van der Waals surface area contributed by atoms with Crippen molar-refractivity contribution in [3.05, 3.63) is 23.8 Å². The number of halogens is 3. The van der Waals surface area contributed by atoms with Gasteiger partial charge in [0.1, 0.15) is 22.9 Å². The molecule has 1 heterocycles.